The molecule has 2 fully saturated rings. The number of carbonyl (C=O) groups is 1. The molecule has 1 aromatic heterocycles. The molecule has 2 aromatic rings. The van der Waals surface area contributed by atoms with Crippen LogP contribution in [-0.4, -0.2) is 67.8 Å². The summed E-state index contributed by atoms with van der Waals surface area (Å²) in [7, 11) is 1.60. The SMILES string of the molecule is COc1cccc2cc(C(=O)NCC3(N4CCSCC4)CCOCC3)oc12. The van der Waals surface area contributed by atoms with E-state index in [1.807, 2.05) is 30.0 Å². The van der Waals surface area contributed by atoms with Crippen LogP contribution in [0.2, 0.25) is 0 Å². The number of thioether (sulfide) groups is 1. The van der Waals surface area contributed by atoms with Gasteiger partial charge in [0.15, 0.2) is 17.1 Å². The van der Waals surface area contributed by atoms with Crippen molar-refractivity contribution < 1.29 is 18.7 Å². The molecule has 0 bridgehead atoms. The number of hydrogen-bond acceptors (Lipinski definition) is 6. The Bertz CT molecular complexity index is 794. The lowest BCUT2D eigenvalue weighted by Crippen LogP contribution is -2.60. The molecule has 6 nitrogen and oxygen atoms in total. The number of methoxy groups -OCH3 is 1. The number of benzene rings is 1. The molecule has 1 N–H and O–H groups in total. The summed E-state index contributed by atoms with van der Waals surface area (Å²) in [6.45, 7) is 4.27. The first-order valence-corrected chi connectivity index (χ1v) is 10.6. The molecule has 27 heavy (non-hydrogen) atoms. The third-order valence-corrected chi connectivity index (χ3v) is 6.58. The number of furan rings is 1. The van der Waals surface area contributed by atoms with Crippen LogP contribution in [0.15, 0.2) is 28.7 Å². The Morgan fingerprint density at radius 2 is 2.07 bits per heavy atom. The summed E-state index contributed by atoms with van der Waals surface area (Å²) < 4.78 is 16.7. The largest absolute Gasteiger partial charge is 0.493 e. The quantitative estimate of drug-likeness (QED) is 0.847. The Balaban J connectivity index is 1.49. The second-order valence-electron chi connectivity index (χ2n) is 7.11. The number of nitrogens with zero attached hydrogens (tertiary/aromatic N) is 1. The van der Waals surface area contributed by atoms with Crippen molar-refractivity contribution in [3.63, 3.8) is 0 Å². The minimum Gasteiger partial charge on any atom is -0.493 e. The van der Waals surface area contributed by atoms with Crippen LogP contribution in [-0.2, 0) is 4.74 Å². The zero-order valence-electron chi connectivity index (χ0n) is 15.7. The van der Waals surface area contributed by atoms with Crippen molar-refractivity contribution in [1.82, 2.24) is 10.2 Å². The maximum absolute atomic E-state index is 12.8. The molecule has 1 aromatic carbocycles. The van der Waals surface area contributed by atoms with Gasteiger partial charge in [-0.3, -0.25) is 9.69 Å². The van der Waals surface area contributed by atoms with Crippen LogP contribution in [0.4, 0.5) is 0 Å². The van der Waals surface area contributed by atoms with Gasteiger partial charge in [-0.1, -0.05) is 12.1 Å². The first-order valence-electron chi connectivity index (χ1n) is 9.47. The molecule has 4 rings (SSSR count). The molecular formula is C20H26N2O4S. The summed E-state index contributed by atoms with van der Waals surface area (Å²) in [5, 5.41) is 4.00. The second kappa shape index (κ2) is 8.12. The van der Waals surface area contributed by atoms with E-state index >= 15 is 0 Å². The zero-order chi connectivity index (χ0) is 18.7. The lowest BCUT2D eigenvalue weighted by molar-refractivity contribution is -0.0237. The zero-order valence-corrected chi connectivity index (χ0v) is 16.5. The minimum atomic E-state index is -0.175. The summed E-state index contributed by atoms with van der Waals surface area (Å²) in [5.41, 5.74) is 0.595. The van der Waals surface area contributed by atoms with Gasteiger partial charge in [0.05, 0.1) is 7.11 Å². The van der Waals surface area contributed by atoms with Crippen LogP contribution in [0.3, 0.4) is 0 Å². The van der Waals surface area contributed by atoms with Crippen LogP contribution in [0.25, 0.3) is 11.0 Å². The predicted molar refractivity (Wildman–Crippen MR) is 107 cm³/mol. The van der Waals surface area contributed by atoms with Crippen LogP contribution in [0, 0.1) is 0 Å². The number of nitrogens with one attached hydrogen (secondary N) is 1. The van der Waals surface area contributed by atoms with Gasteiger partial charge in [0.2, 0.25) is 0 Å². The normalized spacial score (nSPS) is 20.5. The third-order valence-electron chi connectivity index (χ3n) is 5.64. The van der Waals surface area contributed by atoms with E-state index in [9.17, 15) is 4.79 Å². The molecule has 0 saturated carbocycles. The molecule has 0 atom stereocenters. The fourth-order valence-corrected chi connectivity index (χ4v) is 4.94. The summed E-state index contributed by atoms with van der Waals surface area (Å²) in [6, 6.07) is 7.42. The topological polar surface area (TPSA) is 63.9 Å². The van der Waals surface area contributed by atoms with E-state index in [-0.39, 0.29) is 11.4 Å². The Morgan fingerprint density at radius 1 is 1.30 bits per heavy atom. The number of ether oxygens (including phenoxy) is 2. The molecule has 2 aliphatic heterocycles. The van der Waals surface area contributed by atoms with Crippen molar-refractivity contribution in [3.05, 3.63) is 30.0 Å². The van der Waals surface area contributed by atoms with Gasteiger partial charge in [-0.2, -0.15) is 11.8 Å². The molecule has 2 saturated heterocycles. The summed E-state index contributed by atoms with van der Waals surface area (Å²) in [4.78, 5) is 15.3. The third kappa shape index (κ3) is 3.81. The summed E-state index contributed by atoms with van der Waals surface area (Å²) >= 11 is 2.00. The van der Waals surface area contributed by atoms with E-state index in [1.54, 1.807) is 13.2 Å². The Kier molecular flexibility index (Phi) is 5.61. The molecule has 2 aliphatic rings. The molecule has 1 amide bonds. The number of para-hydroxylation sites is 1. The van der Waals surface area contributed by atoms with Gasteiger partial charge in [-0.25, -0.2) is 0 Å². The standard InChI is InChI=1S/C20H26N2O4S/c1-24-16-4-2-3-15-13-17(26-18(15)16)19(23)21-14-20(5-9-25-10-6-20)22-7-11-27-12-8-22/h2-4,13H,5-12,14H2,1H3,(H,21,23). The van der Waals surface area contributed by atoms with E-state index in [4.69, 9.17) is 13.9 Å². The van der Waals surface area contributed by atoms with Gasteiger partial charge in [-0.05, 0) is 25.0 Å². The second-order valence-corrected chi connectivity index (χ2v) is 8.33. The van der Waals surface area contributed by atoms with Crippen molar-refractivity contribution in [2.75, 3.05) is 51.5 Å². The van der Waals surface area contributed by atoms with Crippen LogP contribution < -0.4 is 10.1 Å². The molecule has 0 spiro atoms. The highest BCUT2D eigenvalue weighted by molar-refractivity contribution is 7.99. The van der Waals surface area contributed by atoms with Crippen LogP contribution in [0.5, 0.6) is 5.75 Å². The summed E-state index contributed by atoms with van der Waals surface area (Å²) in [6.07, 6.45) is 1.90. The smallest absolute Gasteiger partial charge is 0.287 e. The number of fused-ring (bicyclic) bond motifs is 1. The van der Waals surface area contributed by atoms with Gasteiger partial charge in [0.1, 0.15) is 0 Å². The fourth-order valence-electron chi connectivity index (χ4n) is 4.03. The number of rotatable bonds is 5. The van der Waals surface area contributed by atoms with E-state index in [0.29, 0.717) is 23.6 Å². The molecule has 0 unspecified atom stereocenters. The van der Waals surface area contributed by atoms with Gasteiger partial charge in [0.25, 0.3) is 5.91 Å². The minimum absolute atomic E-state index is 0.0153. The van der Waals surface area contributed by atoms with Gasteiger partial charge in [-0.15, -0.1) is 0 Å². The fraction of sp³-hybridized carbons (Fsp3) is 0.550. The van der Waals surface area contributed by atoms with Crippen LogP contribution >= 0.6 is 11.8 Å². The van der Waals surface area contributed by atoms with E-state index in [0.717, 1.165) is 56.0 Å². The maximum atomic E-state index is 12.8. The van der Waals surface area contributed by atoms with Crippen molar-refractivity contribution in [2.24, 2.45) is 0 Å². The average molecular weight is 391 g/mol. The Morgan fingerprint density at radius 3 is 2.81 bits per heavy atom. The highest BCUT2D eigenvalue weighted by Crippen LogP contribution is 2.31. The molecule has 0 aliphatic carbocycles. The van der Waals surface area contributed by atoms with Crippen molar-refractivity contribution in [2.45, 2.75) is 18.4 Å². The molecule has 0 radical (unpaired) electrons. The molecule has 3 heterocycles. The molecular weight excluding hydrogens is 364 g/mol. The van der Waals surface area contributed by atoms with Crippen LogP contribution in [0.1, 0.15) is 23.4 Å². The lowest BCUT2D eigenvalue weighted by atomic mass is 9.87. The number of amides is 1. The molecule has 146 valence electrons. The number of carbonyl (C=O) groups excluding carboxylic acids is 1. The van der Waals surface area contributed by atoms with E-state index in [2.05, 4.69) is 10.2 Å². The van der Waals surface area contributed by atoms with Gasteiger partial charge in [0, 0.05) is 55.3 Å². The first-order chi connectivity index (χ1) is 13.2. The van der Waals surface area contributed by atoms with Gasteiger partial charge < -0.3 is 19.2 Å². The van der Waals surface area contributed by atoms with Crippen molar-refractivity contribution >= 4 is 28.6 Å². The predicted octanol–water partition coefficient (Wildman–Crippen LogP) is 2.77. The first kappa shape index (κ1) is 18.7. The summed E-state index contributed by atoms with van der Waals surface area (Å²) in [5.74, 6) is 3.09. The monoisotopic (exact) mass is 390 g/mol. The van der Waals surface area contributed by atoms with E-state index < -0.39 is 0 Å². The maximum Gasteiger partial charge on any atom is 0.287 e. The highest BCUT2D eigenvalue weighted by atomic mass is 32.2. The Hall–Kier alpha value is -1.70. The average Bonchev–Trinajstić information content (AvgIpc) is 3.18. The lowest BCUT2D eigenvalue weighted by Gasteiger charge is -2.47. The van der Waals surface area contributed by atoms with Gasteiger partial charge >= 0.3 is 0 Å². The number of hydrogen-bond donors (Lipinski definition) is 1. The van der Waals surface area contributed by atoms with E-state index in [1.165, 1.54) is 0 Å². The molecule has 7 heteroatoms. The van der Waals surface area contributed by atoms with Crippen molar-refractivity contribution in [3.8, 4) is 5.75 Å². The highest BCUT2D eigenvalue weighted by Gasteiger charge is 2.39. The Labute approximate surface area is 163 Å². The van der Waals surface area contributed by atoms with Crippen molar-refractivity contribution in [1.29, 1.82) is 0 Å².